The first-order valence-electron chi connectivity index (χ1n) is 6.45. The number of rotatable bonds is 5. The van der Waals surface area contributed by atoms with Crippen molar-refractivity contribution in [3.8, 4) is 0 Å². The van der Waals surface area contributed by atoms with Crippen LogP contribution in [0.2, 0.25) is 0 Å². The molecular formula is C16H20O3. The van der Waals surface area contributed by atoms with E-state index in [9.17, 15) is 9.59 Å². The lowest BCUT2D eigenvalue weighted by Crippen LogP contribution is -2.19. The average Bonchev–Trinajstić information content (AvgIpc) is 2.37. The van der Waals surface area contributed by atoms with Gasteiger partial charge in [0.15, 0.2) is 5.78 Å². The third kappa shape index (κ3) is 4.36. The maximum Gasteiger partial charge on any atom is 0.341 e. The quantitative estimate of drug-likeness (QED) is 0.353. The number of hydrogen-bond donors (Lipinski definition) is 0. The molecule has 0 aliphatic carbocycles. The Morgan fingerprint density at radius 2 is 1.79 bits per heavy atom. The number of carbonyl (C=O) groups excluding carboxylic acids is 2. The Bertz CT molecular complexity index is 481. The third-order valence-electron chi connectivity index (χ3n) is 2.67. The van der Waals surface area contributed by atoms with E-state index in [1.165, 1.54) is 0 Å². The number of hydrogen-bond acceptors (Lipinski definition) is 3. The molecular weight excluding hydrogens is 240 g/mol. The molecule has 0 radical (unpaired) electrons. The fourth-order valence-electron chi connectivity index (χ4n) is 1.58. The zero-order chi connectivity index (χ0) is 14.4. The molecule has 0 saturated heterocycles. The Kier molecular flexibility index (Phi) is 5.49. The maximum atomic E-state index is 12.1. The number of ketones is 1. The van der Waals surface area contributed by atoms with Crippen molar-refractivity contribution >= 4 is 17.8 Å². The molecule has 0 saturated carbocycles. The largest absolute Gasteiger partial charge is 0.462 e. The summed E-state index contributed by atoms with van der Waals surface area (Å²) in [6.07, 6.45) is 1.60. The summed E-state index contributed by atoms with van der Waals surface area (Å²) in [5, 5.41) is 0. The van der Waals surface area contributed by atoms with E-state index in [0.29, 0.717) is 0 Å². The van der Waals surface area contributed by atoms with Gasteiger partial charge in [-0.15, -0.1) is 0 Å². The summed E-state index contributed by atoms with van der Waals surface area (Å²) in [7, 11) is 0. The predicted octanol–water partition coefficient (Wildman–Crippen LogP) is 3.17. The van der Waals surface area contributed by atoms with Crippen molar-refractivity contribution in [2.24, 2.45) is 5.92 Å². The van der Waals surface area contributed by atoms with Crippen molar-refractivity contribution in [1.82, 2.24) is 0 Å². The first kappa shape index (κ1) is 15.2. The van der Waals surface area contributed by atoms with Crippen LogP contribution in [0.5, 0.6) is 0 Å². The van der Waals surface area contributed by atoms with Crippen LogP contribution in [0.3, 0.4) is 0 Å². The van der Waals surface area contributed by atoms with Crippen LogP contribution in [0.4, 0.5) is 0 Å². The molecule has 19 heavy (non-hydrogen) atoms. The van der Waals surface area contributed by atoms with E-state index >= 15 is 0 Å². The fraction of sp³-hybridized carbons (Fsp3) is 0.375. The summed E-state index contributed by atoms with van der Waals surface area (Å²) in [6, 6.07) is 7.63. The molecule has 0 amide bonds. The van der Waals surface area contributed by atoms with Crippen LogP contribution in [0, 0.1) is 12.8 Å². The van der Waals surface area contributed by atoms with Crippen LogP contribution in [0.25, 0.3) is 6.08 Å². The Labute approximate surface area is 114 Å². The second-order valence-corrected chi connectivity index (χ2v) is 4.71. The lowest BCUT2D eigenvalue weighted by Gasteiger charge is -2.08. The van der Waals surface area contributed by atoms with Gasteiger partial charge in [-0.05, 0) is 25.5 Å². The summed E-state index contributed by atoms with van der Waals surface area (Å²) < 4.78 is 4.94. The van der Waals surface area contributed by atoms with Crippen LogP contribution in [-0.4, -0.2) is 18.4 Å². The number of Topliss-reactive ketones (excluding diaryl/α,β-unsaturated/α-hetero) is 1. The number of esters is 1. The number of benzene rings is 1. The average molecular weight is 260 g/mol. The highest BCUT2D eigenvalue weighted by Gasteiger charge is 2.21. The molecule has 0 N–H and O–H groups in total. The molecule has 1 rings (SSSR count). The Balaban J connectivity index is 3.11. The zero-order valence-electron chi connectivity index (χ0n) is 11.9. The lowest BCUT2D eigenvalue weighted by atomic mass is 9.98. The Hall–Kier alpha value is -1.90. The molecule has 0 bridgehead atoms. The van der Waals surface area contributed by atoms with Crippen LogP contribution in [0.1, 0.15) is 31.9 Å². The van der Waals surface area contributed by atoms with Crippen LogP contribution in [0.15, 0.2) is 29.8 Å². The van der Waals surface area contributed by atoms with Crippen LogP contribution in [-0.2, 0) is 14.3 Å². The zero-order valence-corrected chi connectivity index (χ0v) is 11.9. The van der Waals surface area contributed by atoms with E-state index in [1.807, 2.05) is 31.2 Å². The predicted molar refractivity (Wildman–Crippen MR) is 75.6 cm³/mol. The van der Waals surface area contributed by atoms with Gasteiger partial charge >= 0.3 is 5.97 Å². The molecule has 3 nitrogen and oxygen atoms in total. The van der Waals surface area contributed by atoms with Gasteiger partial charge in [0.1, 0.15) is 5.57 Å². The topological polar surface area (TPSA) is 43.4 Å². The first-order chi connectivity index (χ1) is 8.95. The highest BCUT2D eigenvalue weighted by atomic mass is 16.5. The van der Waals surface area contributed by atoms with Gasteiger partial charge < -0.3 is 4.74 Å². The smallest absolute Gasteiger partial charge is 0.341 e. The minimum absolute atomic E-state index is 0.112. The van der Waals surface area contributed by atoms with E-state index in [2.05, 4.69) is 0 Å². The van der Waals surface area contributed by atoms with Gasteiger partial charge in [0.05, 0.1) is 6.61 Å². The monoisotopic (exact) mass is 260 g/mol. The number of aryl methyl sites for hydroxylation is 1. The molecule has 0 aliphatic rings. The summed E-state index contributed by atoms with van der Waals surface area (Å²) in [5.41, 5.74) is 2.06. The molecule has 0 heterocycles. The second kappa shape index (κ2) is 6.88. The van der Waals surface area contributed by atoms with Gasteiger partial charge in [-0.3, -0.25) is 4.79 Å². The molecule has 1 aromatic rings. The lowest BCUT2D eigenvalue weighted by molar-refractivity contribution is -0.140. The summed E-state index contributed by atoms with van der Waals surface area (Å²) in [6.45, 7) is 7.50. The van der Waals surface area contributed by atoms with E-state index in [1.54, 1.807) is 26.8 Å². The normalized spacial score (nSPS) is 11.5. The summed E-state index contributed by atoms with van der Waals surface area (Å²) in [4.78, 5) is 23.9. The third-order valence-corrected chi connectivity index (χ3v) is 2.67. The molecule has 0 aromatic heterocycles. The van der Waals surface area contributed by atoms with Gasteiger partial charge in [0.25, 0.3) is 0 Å². The number of ether oxygens (including phenoxy) is 1. The molecule has 0 aliphatic heterocycles. The van der Waals surface area contributed by atoms with Crippen molar-refractivity contribution in [3.05, 3.63) is 41.0 Å². The van der Waals surface area contributed by atoms with Gasteiger partial charge in [-0.2, -0.15) is 0 Å². The van der Waals surface area contributed by atoms with Crippen molar-refractivity contribution < 1.29 is 14.3 Å². The van der Waals surface area contributed by atoms with Crippen molar-refractivity contribution in [3.63, 3.8) is 0 Å². The van der Waals surface area contributed by atoms with Crippen LogP contribution < -0.4 is 0 Å². The molecule has 0 unspecified atom stereocenters. The maximum absolute atomic E-state index is 12.1. The molecule has 0 atom stereocenters. The first-order valence-corrected chi connectivity index (χ1v) is 6.45. The van der Waals surface area contributed by atoms with Crippen LogP contribution >= 0.6 is 0 Å². The molecule has 0 spiro atoms. The van der Waals surface area contributed by atoms with Gasteiger partial charge in [0.2, 0.25) is 0 Å². The Morgan fingerprint density at radius 3 is 2.26 bits per heavy atom. The van der Waals surface area contributed by atoms with Crippen molar-refractivity contribution in [2.75, 3.05) is 6.61 Å². The number of carbonyl (C=O) groups is 2. The summed E-state index contributed by atoms with van der Waals surface area (Å²) in [5.74, 6) is -0.984. The van der Waals surface area contributed by atoms with Gasteiger partial charge in [0, 0.05) is 5.92 Å². The standard InChI is InChI=1S/C16H20O3/c1-5-19-16(18)14(15(17)11(2)3)10-13-8-6-12(4)7-9-13/h6-11H,5H2,1-4H3. The Morgan fingerprint density at radius 1 is 1.21 bits per heavy atom. The van der Waals surface area contributed by atoms with Crippen molar-refractivity contribution in [1.29, 1.82) is 0 Å². The second-order valence-electron chi connectivity index (χ2n) is 4.71. The fourth-order valence-corrected chi connectivity index (χ4v) is 1.58. The SMILES string of the molecule is CCOC(=O)C(=Cc1ccc(C)cc1)C(=O)C(C)C. The molecule has 102 valence electrons. The molecule has 0 fully saturated rings. The van der Waals surface area contributed by atoms with Gasteiger partial charge in [-0.25, -0.2) is 4.79 Å². The highest BCUT2D eigenvalue weighted by molar-refractivity contribution is 6.21. The highest BCUT2D eigenvalue weighted by Crippen LogP contribution is 2.14. The minimum atomic E-state index is -0.554. The van der Waals surface area contributed by atoms with Gasteiger partial charge in [-0.1, -0.05) is 43.7 Å². The molecule has 3 heteroatoms. The van der Waals surface area contributed by atoms with E-state index in [0.717, 1.165) is 11.1 Å². The van der Waals surface area contributed by atoms with E-state index < -0.39 is 5.97 Å². The summed E-state index contributed by atoms with van der Waals surface area (Å²) >= 11 is 0. The van der Waals surface area contributed by atoms with E-state index in [4.69, 9.17) is 4.74 Å². The molecule has 1 aromatic carbocycles. The van der Waals surface area contributed by atoms with Crippen molar-refractivity contribution in [2.45, 2.75) is 27.7 Å². The van der Waals surface area contributed by atoms with E-state index in [-0.39, 0.29) is 23.9 Å². The minimum Gasteiger partial charge on any atom is -0.462 e.